The molecule has 4 rings (SSSR count). The minimum absolute atomic E-state index is 0.117. The summed E-state index contributed by atoms with van der Waals surface area (Å²) in [6.07, 6.45) is 2.29. The van der Waals surface area contributed by atoms with Crippen LogP contribution in [0.4, 0.5) is 17.1 Å². The van der Waals surface area contributed by atoms with Gasteiger partial charge in [0.2, 0.25) is 11.8 Å². The summed E-state index contributed by atoms with van der Waals surface area (Å²) in [5.41, 5.74) is 3.38. The van der Waals surface area contributed by atoms with Crippen LogP contribution in [0.25, 0.3) is 0 Å². The number of nitrogens with one attached hydrogen (secondary N) is 3. The number of amides is 2. The smallest absolute Gasteiger partial charge is 0.232 e. The van der Waals surface area contributed by atoms with Crippen molar-refractivity contribution in [2.24, 2.45) is 0 Å². The Bertz CT molecular complexity index is 874. The van der Waals surface area contributed by atoms with Gasteiger partial charge < -0.3 is 20.9 Å². The number of benzene rings is 2. The minimum Gasteiger partial charge on any atom is -0.381 e. The number of fused-ring (bicyclic) bond motifs is 1. The van der Waals surface area contributed by atoms with Gasteiger partial charge in [-0.15, -0.1) is 0 Å². The van der Waals surface area contributed by atoms with Crippen molar-refractivity contribution >= 4 is 28.9 Å². The maximum Gasteiger partial charge on any atom is 0.232 e. The molecule has 0 aromatic heterocycles. The molecule has 2 aromatic carbocycles. The summed E-state index contributed by atoms with van der Waals surface area (Å²) in [7, 11) is 2.14. The molecule has 1 fully saturated rings. The van der Waals surface area contributed by atoms with Crippen LogP contribution in [0.3, 0.4) is 0 Å². The topological polar surface area (TPSA) is 73.5 Å². The summed E-state index contributed by atoms with van der Waals surface area (Å²) < 4.78 is 0. The Balaban J connectivity index is 1.42. The highest BCUT2D eigenvalue weighted by molar-refractivity contribution is 6.06. The van der Waals surface area contributed by atoms with Gasteiger partial charge in [-0.3, -0.25) is 9.59 Å². The van der Waals surface area contributed by atoms with Crippen molar-refractivity contribution in [2.75, 3.05) is 36.1 Å². The number of rotatable bonds is 5. The Morgan fingerprint density at radius 2 is 1.75 bits per heavy atom. The fraction of sp³-hybridized carbons (Fsp3) is 0.364. The van der Waals surface area contributed by atoms with Crippen molar-refractivity contribution < 1.29 is 9.59 Å². The van der Waals surface area contributed by atoms with E-state index in [1.165, 1.54) is 0 Å². The third kappa shape index (κ3) is 4.02. The number of hydrogen-bond donors (Lipinski definition) is 3. The van der Waals surface area contributed by atoms with Crippen LogP contribution in [0.1, 0.15) is 30.7 Å². The predicted molar refractivity (Wildman–Crippen MR) is 112 cm³/mol. The second-order valence-corrected chi connectivity index (χ2v) is 7.65. The van der Waals surface area contributed by atoms with E-state index in [9.17, 15) is 9.59 Å². The predicted octanol–water partition coefficient (Wildman–Crippen LogP) is 3.26. The van der Waals surface area contributed by atoms with E-state index in [0.29, 0.717) is 6.04 Å². The van der Waals surface area contributed by atoms with E-state index in [0.717, 1.165) is 48.6 Å². The highest BCUT2D eigenvalue weighted by Crippen LogP contribution is 2.34. The number of piperidine rings is 1. The molecule has 0 radical (unpaired) electrons. The largest absolute Gasteiger partial charge is 0.381 e. The molecule has 0 aliphatic carbocycles. The Hall–Kier alpha value is -2.86. The van der Waals surface area contributed by atoms with Crippen LogP contribution >= 0.6 is 0 Å². The Morgan fingerprint density at radius 1 is 1.07 bits per heavy atom. The molecule has 2 aliphatic rings. The number of para-hydroxylation sites is 3. The lowest BCUT2D eigenvalue weighted by molar-refractivity contribution is -0.122. The number of carbonyl (C=O) groups excluding carboxylic acids is 2. The molecule has 1 saturated heterocycles. The Morgan fingerprint density at radius 3 is 2.54 bits per heavy atom. The van der Waals surface area contributed by atoms with Gasteiger partial charge >= 0.3 is 0 Å². The fourth-order valence-electron chi connectivity index (χ4n) is 3.96. The first kappa shape index (κ1) is 18.5. The Kier molecular flexibility index (Phi) is 5.30. The van der Waals surface area contributed by atoms with E-state index in [1.54, 1.807) is 0 Å². The van der Waals surface area contributed by atoms with Gasteiger partial charge in [-0.2, -0.15) is 0 Å². The lowest BCUT2D eigenvalue weighted by atomic mass is 9.97. The van der Waals surface area contributed by atoms with Gasteiger partial charge in [0.15, 0.2) is 0 Å². The highest BCUT2D eigenvalue weighted by atomic mass is 16.2. The third-order valence-electron chi connectivity index (χ3n) is 5.58. The quantitative estimate of drug-likeness (QED) is 0.747. The van der Waals surface area contributed by atoms with Crippen LogP contribution in [-0.2, 0) is 9.59 Å². The molecule has 6 nitrogen and oxygen atoms in total. The zero-order valence-electron chi connectivity index (χ0n) is 16.1. The minimum atomic E-state index is -0.440. The summed E-state index contributed by atoms with van der Waals surface area (Å²) in [5.74, 6) is -0.714. The van der Waals surface area contributed by atoms with Gasteiger partial charge in [-0.05, 0) is 56.7 Å². The molecule has 0 spiro atoms. The zero-order chi connectivity index (χ0) is 19.5. The van der Waals surface area contributed by atoms with E-state index >= 15 is 0 Å². The van der Waals surface area contributed by atoms with Crippen LogP contribution < -0.4 is 16.0 Å². The van der Waals surface area contributed by atoms with E-state index in [-0.39, 0.29) is 18.2 Å². The molecule has 6 heteroatoms. The van der Waals surface area contributed by atoms with Crippen molar-refractivity contribution in [1.82, 2.24) is 4.90 Å². The van der Waals surface area contributed by atoms with Crippen LogP contribution in [0.5, 0.6) is 0 Å². The number of carbonyl (C=O) groups is 2. The average molecular weight is 378 g/mol. The second-order valence-electron chi connectivity index (χ2n) is 7.65. The van der Waals surface area contributed by atoms with Gasteiger partial charge in [0.1, 0.15) is 0 Å². The highest BCUT2D eigenvalue weighted by Gasteiger charge is 2.32. The van der Waals surface area contributed by atoms with E-state index < -0.39 is 5.92 Å². The SMILES string of the molecule is CN1CCC(Nc2ccccc2NC(=O)CC2C(=O)Nc3ccccc32)CC1. The van der Waals surface area contributed by atoms with E-state index in [1.807, 2.05) is 48.5 Å². The van der Waals surface area contributed by atoms with Crippen molar-refractivity contribution in [3.8, 4) is 0 Å². The van der Waals surface area contributed by atoms with Gasteiger partial charge in [-0.25, -0.2) is 0 Å². The molecule has 2 aromatic rings. The summed E-state index contributed by atoms with van der Waals surface area (Å²) in [5, 5.41) is 9.42. The molecular formula is C22H26N4O2. The molecule has 2 aliphatic heterocycles. The van der Waals surface area contributed by atoms with Crippen LogP contribution in [-0.4, -0.2) is 42.9 Å². The molecule has 2 heterocycles. The van der Waals surface area contributed by atoms with Gasteiger partial charge in [0, 0.05) is 18.2 Å². The van der Waals surface area contributed by atoms with Crippen molar-refractivity contribution in [2.45, 2.75) is 31.2 Å². The summed E-state index contributed by atoms with van der Waals surface area (Å²) in [6, 6.07) is 15.7. The molecule has 0 saturated carbocycles. The second kappa shape index (κ2) is 8.02. The molecular weight excluding hydrogens is 352 g/mol. The first-order valence-electron chi connectivity index (χ1n) is 9.84. The van der Waals surface area contributed by atoms with Crippen LogP contribution in [0, 0.1) is 0 Å². The first-order valence-corrected chi connectivity index (χ1v) is 9.84. The first-order chi connectivity index (χ1) is 13.6. The summed E-state index contributed by atoms with van der Waals surface area (Å²) in [6.45, 7) is 2.14. The summed E-state index contributed by atoms with van der Waals surface area (Å²) in [4.78, 5) is 27.3. The van der Waals surface area contributed by atoms with Gasteiger partial charge in [0.25, 0.3) is 0 Å². The molecule has 3 N–H and O–H groups in total. The maximum atomic E-state index is 12.7. The van der Waals surface area contributed by atoms with Gasteiger partial charge in [-0.1, -0.05) is 30.3 Å². The molecule has 1 unspecified atom stereocenters. The van der Waals surface area contributed by atoms with Crippen molar-refractivity contribution in [1.29, 1.82) is 0 Å². The molecule has 1 atom stereocenters. The molecule has 146 valence electrons. The molecule has 28 heavy (non-hydrogen) atoms. The maximum absolute atomic E-state index is 12.7. The monoisotopic (exact) mass is 378 g/mol. The number of likely N-dealkylation sites (tertiary alicyclic amines) is 1. The molecule has 0 bridgehead atoms. The zero-order valence-corrected chi connectivity index (χ0v) is 16.1. The lowest BCUT2D eigenvalue weighted by Gasteiger charge is -2.30. The number of hydrogen-bond acceptors (Lipinski definition) is 4. The Labute approximate surface area is 165 Å². The van der Waals surface area contributed by atoms with Crippen molar-refractivity contribution in [3.63, 3.8) is 0 Å². The molecule has 2 amide bonds. The standard InChI is InChI=1S/C22H26N4O2/c1-26-12-10-15(11-13-26)23-19-8-4-5-9-20(19)24-21(27)14-17-16-6-2-3-7-18(16)25-22(17)28/h2-9,15,17,23H,10-14H2,1H3,(H,24,27)(H,25,28). The average Bonchev–Trinajstić information content (AvgIpc) is 3.00. The summed E-state index contributed by atoms with van der Waals surface area (Å²) >= 11 is 0. The van der Waals surface area contributed by atoms with Gasteiger partial charge in [0.05, 0.1) is 17.3 Å². The van der Waals surface area contributed by atoms with E-state index in [2.05, 4.69) is 27.9 Å². The van der Waals surface area contributed by atoms with Crippen LogP contribution in [0.2, 0.25) is 0 Å². The fourth-order valence-corrected chi connectivity index (χ4v) is 3.96. The third-order valence-corrected chi connectivity index (χ3v) is 5.58. The van der Waals surface area contributed by atoms with Crippen LogP contribution in [0.15, 0.2) is 48.5 Å². The van der Waals surface area contributed by atoms with Crippen molar-refractivity contribution in [3.05, 3.63) is 54.1 Å². The lowest BCUT2D eigenvalue weighted by Crippen LogP contribution is -2.36. The number of nitrogens with zero attached hydrogens (tertiary/aromatic N) is 1. The van der Waals surface area contributed by atoms with E-state index in [4.69, 9.17) is 0 Å². The number of anilines is 3. The normalized spacial score (nSPS) is 19.8.